The van der Waals surface area contributed by atoms with Crippen molar-refractivity contribution in [3.05, 3.63) is 42.0 Å². The summed E-state index contributed by atoms with van der Waals surface area (Å²) in [5, 5.41) is 2.78. The lowest BCUT2D eigenvalue weighted by atomic mass is 10.2. The van der Waals surface area contributed by atoms with E-state index in [-0.39, 0.29) is 0 Å². The van der Waals surface area contributed by atoms with Gasteiger partial charge in [0.2, 0.25) is 0 Å². The molecule has 1 aliphatic heterocycles. The maximum absolute atomic E-state index is 12.6. The molecule has 3 rings (SSSR count). The topological polar surface area (TPSA) is 89.6 Å². The number of nitrogens with one attached hydrogen (secondary N) is 1. The molecule has 2 aromatic carbocycles. The van der Waals surface area contributed by atoms with E-state index in [2.05, 4.69) is 10.2 Å². The molecule has 0 aliphatic carbocycles. The number of hydrogen-bond acceptors (Lipinski definition) is 8. The lowest BCUT2D eigenvalue weighted by Crippen LogP contribution is -2.36. The summed E-state index contributed by atoms with van der Waals surface area (Å²) in [6.07, 6.45) is 0. The van der Waals surface area contributed by atoms with Gasteiger partial charge in [-0.1, -0.05) is 0 Å². The molecule has 0 radical (unpaired) electrons. The summed E-state index contributed by atoms with van der Waals surface area (Å²) in [5.41, 5.74) is 2.68. The largest absolute Gasteiger partial charge is 0.492 e. The van der Waals surface area contributed by atoms with Crippen molar-refractivity contribution in [1.82, 2.24) is 0 Å². The number of nitrogens with zero attached hydrogens (tertiary/aromatic N) is 2. The third-order valence-corrected chi connectivity index (χ3v) is 5.24. The molecule has 0 saturated carbocycles. The van der Waals surface area contributed by atoms with Gasteiger partial charge in [0.25, 0.3) is 5.91 Å². The minimum Gasteiger partial charge on any atom is -0.492 e. The van der Waals surface area contributed by atoms with Crippen molar-refractivity contribution < 1.29 is 28.5 Å². The lowest BCUT2D eigenvalue weighted by Gasteiger charge is -2.31. The summed E-state index contributed by atoms with van der Waals surface area (Å²) in [5.74, 6) is 0.122. The van der Waals surface area contributed by atoms with Crippen LogP contribution in [0.25, 0.3) is 0 Å². The molecule has 1 N–H and O–H groups in total. The van der Waals surface area contributed by atoms with E-state index in [0.29, 0.717) is 49.2 Å². The smallest absolute Gasteiger partial charge is 0.338 e. The molecule has 34 heavy (non-hydrogen) atoms. The minimum atomic E-state index is -0.567. The van der Waals surface area contributed by atoms with E-state index in [9.17, 15) is 9.59 Å². The summed E-state index contributed by atoms with van der Waals surface area (Å²) in [7, 11) is 3.83. The van der Waals surface area contributed by atoms with Crippen molar-refractivity contribution in [3.8, 4) is 11.5 Å². The van der Waals surface area contributed by atoms with Gasteiger partial charge in [-0.3, -0.25) is 4.79 Å². The number of esters is 1. The van der Waals surface area contributed by atoms with Gasteiger partial charge in [-0.15, -0.1) is 0 Å². The number of ether oxygens (including phenoxy) is 4. The Morgan fingerprint density at radius 1 is 1.00 bits per heavy atom. The maximum atomic E-state index is 12.6. The average molecular weight is 472 g/mol. The number of rotatable bonds is 10. The molecule has 1 heterocycles. The van der Waals surface area contributed by atoms with E-state index < -0.39 is 18.5 Å². The van der Waals surface area contributed by atoms with Gasteiger partial charge >= 0.3 is 5.97 Å². The van der Waals surface area contributed by atoms with Crippen LogP contribution in [-0.4, -0.2) is 72.1 Å². The van der Waals surface area contributed by atoms with Gasteiger partial charge in [0, 0.05) is 45.0 Å². The molecule has 1 fully saturated rings. The fourth-order valence-electron chi connectivity index (χ4n) is 3.54. The van der Waals surface area contributed by atoms with Crippen LogP contribution < -0.4 is 24.6 Å². The highest BCUT2D eigenvalue weighted by atomic mass is 16.5. The number of morpholine rings is 1. The first-order chi connectivity index (χ1) is 16.4. The molecule has 9 heteroatoms. The first-order valence-corrected chi connectivity index (χ1v) is 11.4. The SMILES string of the molecule is CCOc1cc(N2CCOCC2)c(OCC)cc1NC(=O)COC(=O)c1ccc(N(C)C)cc1. The van der Waals surface area contributed by atoms with Crippen LogP contribution in [0.3, 0.4) is 0 Å². The van der Waals surface area contributed by atoms with Crippen LogP contribution >= 0.6 is 0 Å². The van der Waals surface area contributed by atoms with E-state index in [1.165, 1.54) is 0 Å². The van der Waals surface area contributed by atoms with E-state index >= 15 is 0 Å². The van der Waals surface area contributed by atoms with Crippen LogP contribution in [0.1, 0.15) is 24.2 Å². The fraction of sp³-hybridized carbons (Fsp3) is 0.440. The van der Waals surface area contributed by atoms with E-state index in [1.54, 1.807) is 18.2 Å². The molecule has 0 unspecified atom stereocenters. The maximum Gasteiger partial charge on any atom is 0.338 e. The Hall–Kier alpha value is -3.46. The number of benzene rings is 2. The first-order valence-electron chi connectivity index (χ1n) is 11.4. The van der Waals surface area contributed by atoms with Crippen LogP contribution in [0, 0.1) is 0 Å². The second-order valence-electron chi connectivity index (χ2n) is 7.85. The number of amides is 1. The zero-order valence-corrected chi connectivity index (χ0v) is 20.3. The lowest BCUT2D eigenvalue weighted by molar-refractivity contribution is -0.119. The molecule has 1 aliphatic rings. The predicted molar refractivity (Wildman–Crippen MR) is 131 cm³/mol. The van der Waals surface area contributed by atoms with E-state index in [4.69, 9.17) is 18.9 Å². The molecule has 0 aromatic heterocycles. The quantitative estimate of drug-likeness (QED) is 0.529. The van der Waals surface area contributed by atoms with Gasteiger partial charge in [-0.05, 0) is 38.1 Å². The Morgan fingerprint density at radius 3 is 2.26 bits per heavy atom. The average Bonchev–Trinajstić information content (AvgIpc) is 2.85. The van der Waals surface area contributed by atoms with Gasteiger partial charge in [0.15, 0.2) is 6.61 Å². The van der Waals surface area contributed by atoms with Gasteiger partial charge in [0.05, 0.1) is 43.4 Å². The van der Waals surface area contributed by atoms with Crippen LogP contribution in [0.2, 0.25) is 0 Å². The summed E-state index contributed by atoms with van der Waals surface area (Å²) in [6.45, 7) is 7.01. The van der Waals surface area contributed by atoms with Crippen LogP contribution in [0.4, 0.5) is 17.1 Å². The Labute approximate surface area is 200 Å². The Bertz CT molecular complexity index is 971. The summed E-state index contributed by atoms with van der Waals surface area (Å²) < 4.78 is 22.3. The van der Waals surface area contributed by atoms with Gasteiger partial charge < -0.3 is 34.1 Å². The molecule has 9 nitrogen and oxygen atoms in total. The third-order valence-electron chi connectivity index (χ3n) is 5.24. The second kappa shape index (κ2) is 12.1. The monoisotopic (exact) mass is 471 g/mol. The predicted octanol–water partition coefficient (Wildman–Crippen LogP) is 3.18. The van der Waals surface area contributed by atoms with Gasteiger partial charge in [0.1, 0.15) is 11.5 Å². The fourth-order valence-corrected chi connectivity index (χ4v) is 3.54. The Kier molecular flexibility index (Phi) is 8.98. The molecule has 1 saturated heterocycles. The molecule has 184 valence electrons. The molecule has 1 amide bonds. The zero-order valence-electron chi connectivity index (χ0n) is 20.3. The number of carbonyl (C=O) groups is 2. The van der Waals surface area contributed by atoms with Crippen LogP contribution in [0.5, 0.6) is 11.5 Å². The van der Waals surface area contributed by atoms with Crippen molar-refractivity contribution in [1.29, 1.82) is 0 Å². The van der Waals surface area contributed by atoms with Crippen molar-refractivity contribution >= 4 is 28.9 Å². The normalized spacial score (nSPS) is 13.2. The van der Waals surface area contributed by atoms with Crippen molar-refractivity contribution in [2.45, 2.75) is 13.8 Å². The Morgan fingerprint density at radius 2 is 1.65 bits per heavy atom. The molecule has 0 spiro atoms. The highest BCUT2D eigenvalue weighted by Crippen LogP contribution is 2.39. The molecule has 2 aromatic rings. The van der Waals surface area contributed by atoms with Crippen LogP contribution in [0.15, 0.2) is 36.4 Å². The highest BCUT2D eigenvalue weighted by Gasteiger charge is 2.21. The molecular weight excluding hydrogens is 438 g/mol. The van der Waals surface area contributed by atoms with Crippen molar-refractivity contribution in [2.75, 3.05) is 75.3 Å². The zero-order chi connectivity index (χ0) is 24.5. The van der Waals surface area contributed by atoms with Crippen LogP contribution in [-0.2, 0) is 14.3 Å². The first kappa shape index (κ1) is 25.2. The van der Waals surface area contributed by atoms with Crippen molar-refractivity contribution in [2.24, 2.45) is 0 Å². The van der Waals surface area contributed by atoms with Gasteiger partial charge in [-0.25, -0.2) is 4.79 Å². The number of hydrogen-bond donors (Lipinski definition) is 1. The van der Waals surface area contributed by atoms with E-state index in [0.717, 1.165) is 24.5 Å². The minimum absolute atomic E-state index is 0.377. The summed E-state index contributed by atoms with van der Waals surface area (Å²) >= 11 is 0. The number of anilines is 3. The number of carbonyl (C=O) groups excluding carboxylic acids is 2. The van der Waals surface area contributed by atoms with E-state index in [1.807, 2.05) is 51.0 Å². The summed E-state index contributed by atoms with van der Waals surface area (Å²) in [4.78, 5) is 29.0. The Balaban J connectivity index is 1.70. The third kappa shape index (κ3) is 6.54. The highest BCUT2D eigenvalue weighted by molar-refractivity contribution is 5.97. The van der Waals surface area contributed by atoms with Crippen molar-refractivity contribution in [3.63, 3.8) is 0 Å². The second-order valence-corrected chi connectivity index (χ2v) is 7.85. The molecular formula is C25H33N3O6. The molecule has 0 atom stereocenters. The summed E-state index contributed by atoms with van der Waals surface area (Å²) in [6, 6.07) is 10.6. The molecule has 0 bridgehead atoms. The van der Waals surface area contributed by atoms with Gasteiger partial charge in [-0.2, -0.15) is 0 Å². The standard InChI is InChI=1S/C25H33N3O6/c1-5-32-22-16-21(28-11-13-31-14-12-28)23(33-6-2)15-20(22)26-24(29)17-34-25(30)18-7-9-19(10-8-18)27(3)4/h7-10,15-16H,5-6,11-14,17H2,1-4H3,(H,26,29).